The van der Waals surface area contributed by atoms with E-state index in [-0.39, 0.29) is 49.4 Å². The zero-order valence-electron chi connectivity index (χ0n) is 8.38. The Morgan fingerprint density at radius 3 is 2.40 bits per heavy atom. The maximum absolute atomic E-state index is 10.3. The standard InChI is InChI=1S/C7H12O6S.Na/c8-3-1-2-4-13-5-7(9)6-14(10,11)12;/h7-9H,3-6H2,(H,10,11,12);. The fourth-order valence-electron chi connectivity index (χ4n) is 0.644. The summed E-state index contributed by atoms with van der Waals surface area (Å²) < 4.78 is 33.6. The van der Waals surface area contributed by atoms with Gasteiger partial charge in [-0.15, -0.1) is 0 Å². The Kier molecular flexibility index (Phi) is 11.3. The van der Waals surface area contributed by atoms with Crippen LogP contribution in [0, 0.1) is 11.8 Å². The normalized spacial score (nSPS) is 12.2. The van der Waals surface area contributed by atoms with Gasteiger partial charge in [0.05, 0.1) is 12.7 Å². The third-order valence-corrected chi connectivity index (χ3v) is 1.90. The average molecular weight is 247 g/mol. The molecule has 6 nitrogen and oxygen atoms in total. The Morgan fingerprint density at radius 2 is 1.93 bits per heavy atom. The summed E-state index contributed by atoms with van der Waals surface area (Å²) in [5.41, 5.74) is 0. The Labute approximate surface area is 111 Å². The molecular weight excluding hydrogens is 235 g/mol. The summed E-state index contributed by atoms with van der Waals surface area (Å²) >= 11 is 0. The maximum atomic E-state index is 10.3. The van der Waals surface area contributed by atoms with Crippen LogP contribution in [0.3, 0.4) is 0 Å². The third kappa shape index (κ3) is 14.4. The second-order valence-corrected chi connectivity index (χ2v) is 3.93. The molecule has 0 rings (SSSR count). The molecule has 0 spiro atoms. The fraction of sp³-hybridized carbons (Fsp3) is 0.714. The first kappa shape index (κ1) is 17.7. The van der Waals surface area contributed by atoms with Crippen LogP contribution in [0.4, 0.5) is 0 Å². The third-order valence-electron chi connectivity index (χ3n) is 1.09. The number of rotatable bonds is 5. The smallest absolute Gasteiger partial charge is 0.267 e. The quantitative estimate of drug-likeness (QED) is 0.222. The van der Waals surface area contributed by atoms with E-state index in [1.54, 1.807) is 0 Å². The first-order valence-corrected chi connectivity index (χ1v) is 5.34. The number of ether oxygens (including phenoxy) is 1. The summed E-state index contributed by atoms with van der Waals surface area (Å²) in [7, 11) is -4.18. The number of hydrogen-bond acceptors (Lipinski definition) is 5. The molecule has 0 aromatic carbocycles. The number of aliphatic hydroxyl groups excluding tert-OH is 2. The van der Waals surface area contributed by atoms with Gasteiger partial charge in [-0.25, -0.2) is 0 Å². The van der Waals surface area contributed by atoms with E-state index in [9.17, 15) is 8.42 Å². The minimum atomic E-state index is -4.18. The van der Waals surface area contributed by atoms with Crippen LogP contribution in [0.15, 0.2) is 0 Å². The van der Waals surface area contributed by atoms with Crippen LogP contribution in [0.2, 0.25) is 0 Å². The van der Waals surface area contributed by atoms with E-state index in [0.717, 1.165) is 0 Å². The molecule has 0 aromatic heterocycles. The summed E-state index contributed by atoms with van der Waals surface area (Å²) in [5, 5.41) is 17.2. The summed E-state index contributed by atoms with van der Waals surface area (Å²) in [6.45, 7) is -0.528. The molecule has 0 aliphatic carbocycles. The van der Waals surface area contributed by atoms with E-state index in [1.807, 2.05) is 0 Å². The van der Waals surface area contributed by atoms with Crippen LogP contribution < -0.4 is 0 Å². The Bertz CT molecular complexity index is 303. The second kappa shape index (κ2) is 9.57. The number of hydrogen-bond donors (Lipinski definition) is 3. The molecule has 0 heterocycles. The minimum absolute atomic E-state index is 0. The Morgan fingerprint density at radius 1 is 1.33 bits per heavy atom. The van der Waals surface area contributed by atoms with Crippen molar-refractivity contribution in [3.63, 3.8) is 0 Å². The molecule has 0 amide bonds. The second-order valence-electron chi connectivity index (χ2n) is 2.43. The van der Waals surface area contributed by atoms with E-state index >= 15 is 0 Å². The van der Waals surface area contributed by atoms with Gasteiger partial charge in [0, 0.05) is 29.6 Å². The molecule has 1 atom stereocenters. The van der Waals surface area contributed by atoms with E-state index < -0.39 is 22.0 Å². The van der Waals surface area contributed by atoms with Crippen molar-refractivity contribution in [2.75, 3.05) is 25.6 Å². The van der Waals surface area contributed by atoms with E-state index in [2.05, 4.69) is 11.8 Å². The molecule has 0 aromatic rings. The molecule has 1 unspecified atom stereocenters. The van der Waals surface area contributed by atoms with Crippen molar-refractivity contribution in [2.24, 2.45) is 0 Å². The number of aliphatic hydroxyl groups is 2. The predicted molar refractivity (Wildman–Crippen MR) is 53.9 cm³/mol. The van der Waals surface area contributed by atoms with Crippen molar-refractivity contribution in [3.8, 4) is 11.8 Å². The van der Waals surface area contributed by atoms with Crippen LogP contribution >= 0.6 is 0 Å². The molecule has 0 aliphatic heterocycles. The first-order chi connectivity index (χ1) is 6.45. The van der Waals surface area contributed by atoms with Gasteiger partial charge in [0.25, 0.3) is 10.1 Å². The first-order valence-electron chi connectivity index (χ1n) is 3.73. The van der Waals surface area contributed by atoms with Gasteiger partial charge in [-0.3, -0.25) is 4.55 Å². The van der Waals surface area contributed by atoms with Gasteiger partial charge in [-0.05, 0) is 0 Å². The van der Waals surface area contributed by atoms with Crippen molar-refractivity contribution in [3.05, 3.63) is 0 Å². The average Bonchev–Trinajstić information content (AvgIpc) is 2.00. The van der Waals surface area contributed by atoms with Crippen molar-refractivity contribution < 1.29 is 27.9 Å². The monoisotopic (exact) mass is 247 g/mol. The van der Waals surface area contributed by atoms with Gasteiger partial charge in [-0.2, -0.15) is 8.42 Å². The molecule has 0 aliphatic rings. The Hall–Kier alpha value is 0.350. The van der Waals surface area contributed by atoms with Crippen LogP contribution in [-0.4, -0.2) is 84.4 Å². The zero-order valence-corrected chi connectivity index (χ0v) is 11.2. The molecule has 0 saturated heterocycles. The van der Waals surface area contributed by atoms with Crippen molar-refractivity contribution >= 4 is 39.7 Å². The summed E-state index contributed by atoms with van der Waals surface area (Å²) in [6, 6.07) is 0. The van der Waals surface area contributed by atoms with Gasteiger partial charge >= 0.3 is 0 Å². The largest absolute Gasteiger partial charge is 0.390 e. The van der Waals surface area contributed by atoms with E-state index in [1.165, 1.54) is 0 Å². The zero-order chi connectivity index (χ0) is 11.0. The van der Waals surface area contributed by atoms with Crippen molar-refractivity contribution in [1.82, 2.24) is 0 Å². The summed E-state index contributed by atoms with van der Waals surface area (Å²) in [5.74, 6) is 3.95. The topological polar surface area (TPSA) is 104 Å². The molecule has 1 radical (unpaired) electrons. The van der Waals surface area contributed by atoms with Gasteiger partial charge in [0.2, 0.25) is 0 Å². The fourth-order valence-corrected chi connectivity index (χ4v) is 1.23. The van der Waals surface area contributed by atoms with Crippen LogP contribution in [0.5, 0.6) is 0 Å². The summed E-state index contributed by atoms with van der Waals surface area (Å²) in [4.78, 5) is 0. The predicted octanol–water partition coefficient (Wildman–Crippen LogP) is -2.13. The minimum Gasteiger partial charge on any atom is -0.390 e. The molecule has 0 fully saturated rings. The van der Waals surface area contributed by atoms with Crippen LogP contribution in [0.25, 0.3) is 0 Å². The van der Waals surface area contributed by atoms with Crippen molar-refractivity contribution in [1.29, 1.82) is 0 Å². The molecule has 15 heavy (non-hydrogen) atoms. The molecule has 0 saturated carbocycles. The van der Waals surface area contributed by atoms with Gasteiger partial charge in [-0.1, -0.05) is 11.8 Å². The van der Waals surface area contributed by atoms with Crippen molar-refractivity contribution in [2.45, 2.75) is 6.10 Å². The molecule has 83 valence electrons. The maximum Gasteiger partial charge on any atom is 0.267 e. The van der Waals surface area contributed by atoms with Gasteiger partial charge < -0.3 is 14.9 Å². The van der Waals surface area contributed by atoms with E-state index in [4.69, 9.17) is 19.5 Å². The molecule has 0 bridgehead atoms. The molecule has 8 heteroatoms. The van der Waals surface area contributed by atoms with Crippen LogP contribution in [-0.2, 0) is 14.9 Å². The van der Waals surface area contributed by atoms with Gasteiger partial charge in [0.15, 0.2) is 0 Å². The van der Waals surface area contributed by atoms with Gasteiger partial charge in [0.1, 0.15) is 19.0 Å². The molecule has 3 N–H and O–H groups in total. The van der Waals surface area contributed by atoms with Crippen LogP contribution in [0.1, 0.15) is 0 Å². The molecular formula is C7H12NaO6S. The van der Waals surface area contributed by atoms with E-state index in [0.29, 0.717) is 0 Å². The Balaban J connectivity index is 0. The SMILES string of the molecule is O=S(=O)(O)CC(O)COCC#CCO.[Na]. The summed E-state index contributed by atoms with van der Waals surface area (Å²) in [6.07, 6.45) is -1.28.